The topological polar surface area (TPSA) is 68.5 Å². The predicted molar refractivity (Wildman–Crippen MR) is 86.1 cm³/mol. The maximum absolute atomic E-state index is 12.0. The van der Waals surface area contributed by atoms with Gasteiger partial charge in [-0.2, -0.15) is 0 Å². The van der Waals surface area contributed by atoms with Gasteiger partial charge in [-0.15, -0.1) is 11.3 Å². The van der Waals surface area contributed by atoms with Crippen molar-refractivity contribution in [1.29, 1.82) is 0 Å². The first-order chi connectivity index (χ1) is 10.6. The smallest absolute Gasteiger partial charge is 0.341 e. The molecule has 0 atom stereocenters. The second kappa shape index (κ2) is 7.09. The van der Waals surface area contributed by atoms with E-state index in [9.17, 15) is 9.59 Å². The lowest BCUT2D eigenvalue weighted by Crippen LogP contribution is -2.12. The van der Waals surface area contributed by atoms with Gasteiger partial charge >= 0.3 is 5.97 Å². The number of carbonyl (C=O) groups excluding carboxylic acids is 2. The molecule has 0 aliphatic rings. The third kappa shape index (κ3) is 3.46. The van der Waals surface area contributed by atoms with Gasteiger partial charge in [0.15, 0.2) is 0 Å². The molecule has 1 N–H and O–H groups in total. The highest BCUT2D eigenvalue weighted by Crippen LogP contribution is 2.34. The Morgan fingerprint density at radius 2 is 2.23 bits per heavy atom. The van der Waals surface area contributed by atoms with Crippen LogP contribution in [-0.4, -0.2) is 19.0 Å². The zero-order valence-electron chi connectivity index (χ0n) is 12.6. The summed E-state index contributed by atoms with van der Waals surface area (Å²) in [4.78, 5) is 24.9. The average molecular weight is 319 g/mol. The molecule has 1 amide bonds. The summed E-state index contributed by atoms with van der Waals surface area (Å²) in [7, 11) is 1.33. The molecule has 2 aromatic heterocycles. The van der Waals surface area contributed by atoms with E-state index in [-0.39, 0.29) is 5.91 Å². The van der Waals surface area contributed by atoms with Crippen molar-refractivity contribution in [2.45, 2.75) is 20.3 Å². The Morgan fingerprint density at radius 3 is 2.82 bits per heavy atom. The molecule has 22 heavy (non-hydrogen) atoms. The molecule has 0 saturated carbocycles. The van der Waals surface area contributed by atoms with Gasteiger partial charge in [0.2, 0.25) is 5.91 Å². The Hall–Kier alpha value is -2.34. The van der Waals surface area contributed by atoms with Gasteiger partial charge < -0.3 is 14.5 Å². The second-order valence-electron chi connectivity index (χ2n) is 4.52. The molecule has 6 heteroatoms. The maximum atomic E-state index is 12.0. The van der Waals surface area contributed by atoms with Gasteiger partial charge in [-0.25, -0.2) is 4.79 Å². The number of furan rings is 1. The van der Waals surface area contributed by atoms with Crippen molar-refractivity contribution in [3.05, 3.63) is 46.2 Å². The van der Waals surface area contributed by atoms with Crippen molar-refractivity contribution in [3.63, 3.8) is 0 Å². The van der Waals surface area contributed by atoms with Crippen LogP contribution in [0.25, 0.3) is 6.08 Å². The number of methoxy groups -OCH3 is 1. The Balaban J connectivity index is 2.22. The molecular formula is C16H17NO4S. The SMILES string of the molecule is CCc1c(C)sc(NC(=O)C=Cc2ccco2)c1C(=O)OC. The lowest BCUT2D eigenvalue weighted by atomic mass is 10.1. The molecule has 5 nitrogen and oxygen atoms in total. The van der Waals surface area contributed by atoms with E-state index in [0.717, 1.165) is 10.4 Å². The zero-order chi connectivity index (χ0) is 16.1. The Labute approximate surface area is 132 Å². The monoisotopic (exact) mass is 319 g/mol. The molecule has 0 aromatic carbocycles. The second-order valence-corrected chi connectivity index (χ2v) is 5.75. The molecule has 0 unspecified atom stereocenters. The van der Waals surface area contributed by atoms with Gasteiger partial charge in [-0.3, -0.25) is 4.79 Å². The highest BCUT2D eigenvalue weighted by molar-refractivity contribution is 7.16. The molecule has 0 aliphatic heterocycles. The minimum Gasteiger partial charge on any atom is -0.465 e. The Bertz CT molecular complexity index is 698. The average Bonchev–Trinajstić information content (AvgIpc) is 3.11. The third-order valence-corrected chi connectivity index (χ3v) is 4.19. The fourth-order valence-electron chi connectivity index (χ4n) is 2.11. The zero-order valence-corrected chi connectivity index (χ0v) is 13.5. The van der Waals surface area contributed by atoms with E-state index in [0.29, 0.717) is 22.7 Å². The minimum absolute atomic E-state index is 0.328. The number of ether oxygens (including phenoxy) is 1. The first kappa shape index (κ1) is 16.0. The number of anilines is 1. The van der Waals surface area contributed by atoms with Crippen LogP contribution in [0.2, 0.25) is 0 Å². The highest BCUT2D eigenvalue weighted by Gasteiger charge is 2.22. The number of carbonyl (C=O) groups is 2. The van der Waals surface area contributed by atoms with Gasteiger partial charge in [0.05, 0.1) is 18.9 Å². The Kier molecular flexibility index (Phi) is 5.16. The quantitative estimate of drug-likeness (QED) is 0.674. The summed E-state index contributed by atoms with van der Waals surface area (Å²) in [5.41, 5.74) is 1.34. The fourth-order valence-corrected chi connectivity index (χ4v) is 3.24. The van der Waals surface area contributed by atoms with Crippen LogP contribution in [0.3, 0.4) is 0 Å². The van der Waals surface area contributed by atoms with E-state index >= 15 is 0 Å². The number of hydrogen-bond donors (Lipinski definition) is 1. The van der Waals surface area contributed by atoms with Crippen LogP contribution in [0, 0.1) is 6.92 Å². The summed E-state index contributed by atoms with van der Waals surface area (Å²) in [6, 6.07) is 3.48. The molecule has 0 aliphatic carbocycles. The van der Waals surface area contributed by atoms with Gasteiger partial charge in [-0.1, -0.05) is 6.92 Å². The van der Waals surface area contributed by atoms with Crippen LogP contribution >= 0.6 is 11.3 Å². The molecule has 2 aromatic rings. The van der Waals surface area contributed by atoms with Crippen molar-refractivity contribution < 1.29 is 18.7 Å². The van der Waals surface area contributed by atoms with Crippen molar-refractivity contribution in [1.82, 2.24) is 0 Å². The molecule has 2 heterocycles. The number of nitrogens with one attached hydrogen (secondary N) is 1. The number of rotatable bonds is 5. The minimum atomic E-state index is -0.438. The Morgan fingerprint density at radius 1 is 1.45 bits per heavy atom. The van der Waals surface area contributed by atoms with Crippen molar-refractivity contribution >= 4 is 34.3 Å². The largest absolute Gasteiger partial charge is 0.465 e. The normalized spacial score (nSPS) is 10.9. The van der Waals surface area contributed by atoms with Gasteiger partial charge in [0.25, 0.3) is 0 Å². The number of esters is 1. The third-order valence-electron chi connectivity index (χ3n) is 3.13. The van der Waals surface area contributed by atoms with Crippen LogP contribution in [0.5, 0.6) is 0 Å². The highest BCUT2D eigenvalue weighted by atomic mass is 32.1. The predicted octanol–water partition coefficient (Wildman–Crippen LogP) is 3.65. The number of thiophene rings is 1. The fraction of sp³-hybridized carbons (Fsp3) is 0.250. The summed E-state index contributed by atoms with van der Waals surface area (Å²) >= 11 is 1.37. The number of hydrogen-bond acceptors (Lipinski definition) is 5. The maximum Gasteiger partial charge on any atom is 0.341 e. The summed E-state index contributed by atoms with van der Waals surface area (Å²) in [5.74, 6) is -0.183. The number of aryl methyl sites for hydroxylation is 1. The van der Waals surface area contributed by atoms with Gasteiger partial charge in [0, 0.05) is 11.0 Å². The van der Waals surface area contributed by atoms with Crippen molar-refractivity contribution in [3.8, 4) is 0 Å². The molecule has 0 bridgehead atoms. The summed E-state index contributed by atoms with van der Waals surface area (Å²) < 4.78 is 9.93. The van der Waals surface area contributed by atoms with Crippen molar-refractivity contribution in [2.75, 3.05) is 12.4 Å². The summed E-state index contributed by atoms with van der Waals surface area (Å²) in [6.07, 6.45) is 5.16. The summed E-state index contributed by atoms with van der Waals surface area (Å²) in [5, 5.41) is 3.24. The van der Waals surface area contributed by atoms with Crippen LogP contribution in [0.4, 0.5) is 5.00 Å². The van der Waals surface area contributed by atoms with Crippen LogP contribution < -0.4 is 5.32 Å². The first-order valence-corrected chi connectivity index (χ1v) is 7.61. The molecule has 0 spiro atoms. The van der Waals surface area contributed by atoms with E-state index in [4.69, 9.17) is 9.15 Å². The molecule has 0 saturated heterocycles. The van der Waals surface area contributed by atoms with Crippen molar-refractivity contribution in [2.24, 2.45) is 0 Å². The van der Waals surface area contributed by atoms with Crippen LogP contribution in [-0.2, 0) is 16.0 Å². The van der Waals surface area contributed by atoms with E-state index in [1.165, 1.54) is 30.8 Å². The first-order valence-electron chi connectivity index (χ1n) is 6.80. The molecule has 2 rings (SSSR count). The van der Waals surface area contributed by atoms with E-state index in [2.05, 4.69) is 5.32 Å². The van der Waals surface area contributed by atoms with E-state index in [1.54, 1.807) is 18.2 Å². The van der Waals surface area contributed by atoms with Gasteiger partial charge in [-0.05, 0) is 37.1 Å². The summed E-state index contributed by atoms with van der Waals surface area (Å²) in [6.45, 7) is 3.88. The molecular weight excluding hydrogens is 302 g/mol. The molecule has 116 valence electrons. The molecule has 0 radical (unpaired) electrons. The van der Waals surface area contributed by atoms with E-state index < -0.39 is 5.97 Å². The van der Waals surface area contributed by atoms with Crippen LogP contribution in [0.1, 0.15) is 33.5 Å². The van der Waals surface area contributed by atoms with Gasteiger partial charge in [0.1, 0.15) is 10.8 Å². The standard InChI is InChI=1S/C16H17NO4S/c1-4-12-10(2)22-15(14(12)16(19)20-3)17-13(18)8-7-11-6-5-9-21-11/h5-9H,4H2,1-3H3,(H,17,18). The van der Waals surface area contributed by atoms with E-state index in [1.807, 2.05) is 13.8 Å². The molecule has 0 fully saturated rings. The number of amides is 1. The van der Waals surface area contributed by atoms with Crippen LogP contribution in [0.15, 0.2) is 28.9 Å². The lowest BCUT2D eigenvalue weighted by Gasteiger charge is -2.05. The lowest BCUT2D eigenvalue weighted by molar-refractivity contribution is -0.111.